The van der Waals surface area contributed by atoms with Crippen molar-refractivity contribution in [3.63, 3.8) is 0 Å². The summed E-state index contributed by atoms with van der Waals surface area (Å²) >= 11 is 0. The smallest absolute Gasteiger partial charge is 0.128 e. The molecule has 1 aliphatic heterocycles. The summed E-state index contributed by atoms with van der Waals surface area (Å²) in [5.41, 5.74) is 0.390. The van der Waals surface area contributed by atoms with Crippen molar-refractivity contribution in [1.82, 2.24) is 4.90 Å². The third-order valence-electron chi connectivity index (χ3n) is 3.52. The first kappa shape index (κ1) is 14.4. The molecule has 0 amide bonds. The number of halogens is 1. The second-order valence-electron chi connectivity index (χ2n) is 5.16. The maximum Gasteiger partial charge on any atom is 0.128 e. The summed E-state index contributed by atoms with van der Waals surface area (Å²) in [5.74, 6) is -0.331. The minimum atomic E-state index is -0.735. The van der Waals surface area contributed by atoms with E-state index in [1.165, 1.54) is 6.07 Å². The Bertz CT molecular complexity index is 399. The average molecular weight is 267 g/mol. The molecule has 1 saturated heterocycles. The standard InChI is InChI=1S/C15H22FNO2/c1-12-11-17(8-4-10-19-12)9-7-15(18)13-5-2-3-6-14(13)16/h2-3,5-6,12,15,18H,4,7-11H2,1H3. The van der Waals surface area contributed by atoms with Crippen molar-refractivity contribution in [2.45, 2.75) is 32.0 Å². The fraction of sp³-hybridized carbons (Fsp3) is 0.600. The van der Waals surface area contributed by atoms with E-state index in [-0.39, 0.29) is 11.9 Å². The summed E-state index contributed by atoms with van der Waals surface area (Å²) < 4.78 is 19.1. The normalized spacial score (nSPS) is 23.0. The van der Waals surface area contributed by atoms with E-state index in [9.17, 15) is 9.50 Å². The second-order valence-corrected chi connectivity index (χ2v) is 5.16. The molecule has 0 aromatic heterocycles. The Morgan fingerprint density at radius 1 is 1.47 bits per heavy atom. The van der Waals surface area contributed by atoms with Gasteiger partial charge in [-0.25, -0.2) is 4.39 Å². The lowest BCUT2D eigenvalue weighted by molar-refractivity contribution is 0.0642. The van der Waals surface area contributed by atoms with Crippen LogP contribution in [0.1, 0.15) is 31.4 Å². The first-order chi connectivity index (χ1) is 9.16. The zero-order chi connectivity index (χ0) is 13.7. The van der Waals surface area contributed by atoms with Crippen LogP contribution >= 0.6 is 0 Å². The predicted molar refractivity (Wildman–Crippen MR) is 72.4 cm³/mol. The Morgan fingerprint density at radius 2 is 2.26 bits per heavy atom. The van der Waals surface area contributed by atoms with Crippen LogP contribution in [0.5, 0.6) is 0 Å². The van der Waals surface area contributed by atoms with Crippen LogP contribution in [0.3, 0.4) is 0 Å². The highest BCUT2D eigenvalue weighted by atomic mass is 19.1. The molecule has 1 heterocycles. The first-order valence-corrected chi connectivity index (χ1v) is 6.93. The number of rotatable bonds is 4. The van der Waals surface area contributed by atoms with Gasteiger partial charge in [0, 0.05) is 31.8 Å². The predicted octanol–water partition coefficient (Wildman–Crippen LogP) is 2.36. The van der Waals surface area contributed by atoms with Crippen LogP contribution in [0.25, 0.3) is 0 Å². The van der Waals surface area contributed by atoms with Crippen LogP contribution in [0, 0.1) is 5.82 Å². The van der Waals surface area contributed by atoms with Gasteiger partial charge in [-0.05, 0) is 25.8 Å². The van der Waals surface area contributed by atoms with Gasteiger partial charge in [-0.3, -0.25) is 0 Å². The number of nitrogens with zero attached hydrogens (tertiary/aromatic N) is 1. The number of aliphatic hydroxyl groups is 1. The highest BCUT2D eigenvalue weighted by Crippen LogP contribution is 2.20. The van der Waals surface area contributed by atoms with Gasteiger partial charge in [-0.1, -0.05) is 18.2 Å². The maximum atomic E-state index is 13.5. The minimum absolute atomic E-state index is 0.230. The van der Waals surface area contributed by atoms with E-state index < -0.39 is 6.10 Å². The summed E-state index contributed by atoms with van der Waals surface area (Å²) in [6.45, 7) is 5.49. The molecular formula is C15H22FNO2. The van der Waals surface area contributed by atoms with Gasteiger partial charge in [0.05, 0.1) is 12.2 Å². The molecule has 1 aromatic rings. The van der Waals surface area contributed by atoms with E-state index in [4.69, 9.17) is 4.74 Å². The topological polar surface area (TPSA) is 32.7 Å². The monoisotopic (exact) mass is 267 g/mol. The summed E-state index contributed by atoms with van der Waals surface area (Å²) in [6, 6.07) is 6.43. The van der Waals surface area contributed by atoms with Gasteiger partial charge in [-0.2, -0.15) is 0 Å². The summed E-state index contributed by atoms with van der Waals surface area (Å²) in [4.78, 5) is 2.28. The summed E-state index contributed by atoms with van der Waals surface area (Å²) in [5, 5.41) is 10.1. The molecule has 106 valence electrons. The lowest BCUT2D eigenvalue weighted by Gasteiger charge is -2.23. The molecule has 0 bridgehead atoms. The molecule has 4 heteroatoms. The van der Waals surface area contributed by atoms with Gasteiger partial charge in [0.15, 0.2) is 0 Å². The molecule has 1 fully saturated rings. The van der Waals surface area contributed by atoms with E-state index >= 15 is 0 Å². The molecule has 1 aromatic carbocycles. The van der Waals surface area contributed by atoms with Gasteiger partial charge in [0.2, 0.25) is 0 Å². The van der Waals surface area contributed by atoms with Crippen molar-refractivity contribution >= 4 is 0 Å². The van der Waals surface area contributed by atoms with E-state index in [1.54, 1.807) is 18.2 Å². The Morgan fingerprint density at radius 3 is 3.05 bits per heavy atom. The fourth-order valence-corrected chi connectivity index (χ4v) is 2.49. The van der Waals surface area contributed by atoms with Gasteiger partial charge in [0.1, 0.15) is 5.82 Å². The summed E-state index contributed by atoms with van der Waals surface area (Å²) in [6.07, 6.45) is 1.06. The molecule has 1 N–H and O–H groups in total. The van der Waals surface area contributed by atoms with Crippen molar-refractivity contribution in [3.8, 4) is 0 Å². The Kier molecular flexibility index (Phi) is 5.31. The third-order valence-corrected chi connectivity index (χ3v) is 3.52. The fourth-order valence-electron chi connectivity index (χ4n) is 2.49. The number of aliphatic hydroxyl groups excluding tert-OH is 1. The van der Waals surface area contributed by atoms with E-state index in [0.717, 1.165) is 32.7 Å². The second kappa shape index (κ2) is 6.98. The molecule has 0 spiro atoms. The van der Waals surface area contributed by atoms with Crippen molar-refractivity contribution in [2.75, 3.05) is 26.2 Å². The lowest BCUT2D eigenvalue weighted by Crippen LogP contribution is -2.32. The summed E-state index contributed by atoms with van der Waals surface area (Å²) in [7, 11) is 0. The SMILES string of the molecule is CC1CN(CCC(O)c2ccccc2F)CCCO1. The van der Waals surface area contributed by atoms with Crippen molar-refractivity contribution in [2.24, 2.45) is 0 Å². The number of hydrogen-bond acceptors (Lipinski definition) is 3. The van der Waals surface area contributed by atoms with Gasteiger partial charge in [-0.15, -0.1) is 0 Å². The molecular weight excluding hydrogens is 245 g/mol. The molecule has 3 nitrogen and oxygen atoms in total. The Balaban J connectivity index is 1.86. The molecule has 1 aliphatic rings. The van der Waals surface area contributed by atoms with Gasteiger partial charge >= 0.3 is 0 Å². The van der Waals surface area contributed by atoms with Crippen molar-refractivity contribution in [3.05, 3.63) is 35.6 Å². The third kappa shape index (κ3) is 4.27. The lowest BCUT2D eigenvalue weighted by atomic mass is 10.1. The van der Waals surface area contributed by atoms with E-state index in [2.05, 4.69) is 11.8 Å². The van der Waals surface area contributed by atoms with Gasteiger partial charge < -0.3 is 14.7 Å². The minimum Gasteiger partial charge on any atom is -0.388 e. The highest BCUT2D eigenvalue weighted by Gasteiger charge is 2.17. The van der Waals surface area contributed by atoms with Crippen LogP contribution in [-0.4, -0.2) is 42.4 Å². The molecule has 2 rings (SSSR count). The number of hydrogen-bond donors (Lipinski definition) is 1. The molecule has 0 saturated carbocycles. The van der Waals surface area contributed by atoms with Crippen LogP contribution < -0.4 is 0 Å². The largest absolute Gasteiger partial charge is 0.388 e. The highest BCUT2D eigenvalue weighted by molar-refractivity contribution is 5.19. The molecule has 0 aliphatic carbocycles. The van der Waals surface area contributed by atoms with Crippen molar-refractivity contribution in [1.29, 1.82) is 0 Å². The molecule has 19 heavy (non-hydrogen) atoms. The van der Waals surface area contributed by atoms with Crippen LogP contribution in [-0.2, 0) is 4.74 Å². The van der Waals surface area contributed by atoms with Gasteiger partial charge in [0.25, 0.3) is 0 Å². The molecule has 2 atom stereocenters. The van der Waals surface area contributed by atoms with E-state index in [1.807, 2.05) is 0 Å². The zero-order valence-corrected chi connectivity index (χ0v) is 11.4. The average Bonchev–Trinajstić information content (AvgIpc) is 2.61. The number of benzene rings is 1. The number of ether oxygens (including phenoxy) is 1. The van der Waals surface area contributed by atoms with Crippen LogP contribution in [0.15, 0.2) is 24.3 Å². The molecule has 0 radical (unpaired) electrons. The quantitative estimate of drug-likeness (QED) is 0.909. The Labute approximate surface area is 114 Å². The zero-order valence-electron chi connectivity index (χ0n) is 11.4. The Hall–Kier alpha value is -0.970. The molecule has 2 unspecified atom stereocenters. The van der Waals surface area contributed by atoms with Crippen LogP contribution in [0.4, 0.5) is 4.39 Å². The van der Waals surface area contributed by atoms with E-state index in [0.29, 0.717) is 12.0 Å². The van der Waals surface area contributed by atoms with Crippen LogP contribution in [0.2, 0.25) is 0 Å². The first-order valence-electron chi connectivity index (χ1n) is 6.93. The van der Waals surface area contributed by atoms with Crippen molar-refractivity contribution < 1.29 is 14.2 Å². The maximum absolute atomic E-state index is 13.5.